The van der Waals surface area contributed by atoms with Crippen LogP contribution in [0.5, 0.6) is 0 Å². The molecule has 108 valence electrons. The second-order valence-electron chi connectivity index (χ2n) is 3.70. The Morgan fingerprint density at radius 2 is 1.50 bits per heavy atom. The summed E-state index contributed by atoms with van der Waals surface area (Å²) >= 11 is 0. The van der Waals surface area contributed by atoms with Crippen LogP contribution in [0.2, 0.25) is 0 Å². The average molecular weight is 282 g/mol. The van der Waals surface area contributed by atoms with E-state index in [4.69, 9.17) is 13.6 Å². The van der Waals surface area contributed by atoms with E-state index in [-0.39, 0.29) is 0 Å². The highest BCUT2D eigenvalue weighted by Gasteiger charge is 2.26. The normalized spacial score (nSPS) is 11.5. The van der Waals surface area contributed by atoms with Crippen LogP contribution in [0.1, 0.15) is 46.5 Å². The van der Waals surface area contributed by atoms with Crippen molar-refractivity contribution < 1.29 is 27.7 Å². The summed E-state index contributed by atoms with van der Waals surface area (Å²) in [5.74, 6) is -0.510. The molecule has 0 aliphatic heterocycles. The van der Waals surface area contributed by atoms with E-state index in [1.807, 2.05) is 13.8 Å². The molecule has 0 aromatic carbocycles. The van der Waals surface area contributed by atoms with Gasteiger partial charge in [0.05, 0.1) is 13.2 Å². The van der Waals surface area contributed by atoms with Crippen molar-refractivity contribution in [3.63, 3.8) is 0 Å². The quantitative estimate of drug-likeness (QED) is 0.251. The minimum atomic E-state index is -3.61. The van der Waals surface area contributed by atoms with Crippen molar-refractivity contribution in [2.24, 2.45) is 0 Å². The third-order valence-electron chi connectivity index (χ3n) is 1.97. The van der Waals surface area contributed by atoms with Crippen LogP contribution in [0.25, 0.3) is 0 Å². The molecule has 0 unspecified atom stereocenters. The number of phosphoric acid groups is 1. The van der Waals surface area contributed by atoms with Crippen LogP contribution >= 0.6 is 7.82 Å². The summed E-state index contributed by atoms with van der Waals surface area (Å²) in [7, 11) is -3.61. The van der Waals surface area contributed by atoms with Crippen molar-refractivity contribution in [1.29, 1.82) is 0 Å². The minimum Gasteiger partial charge on any atom is -0.438 e. The fraction of sp³-hybridized carbons (Fsp3) is 0.909. The third-order valence-corrected chi connectivity index (χ3v) is 3.39. The lowest BCUT2D eigenvalue weighted by atomic mass is 10.4. The monoisotopic (exact) mass is 282 g/mol. The zero-order valence-corrected chi connectivity index (χ0v) is 12.2. The van der Waals surface area contributed by atoms with Crippen LogP contribution < -0.4 is 0 Å². The van der Waals surface area contributed by atoms with Crippen molar-refractivity contribution in [2.75, 3.05) is 20.0 Å². The predicted molar refractivity (Wildman–Crippen MR) is 67.0 cm³/mol. The van der Waals surface area contributed by atoms with E-state index in [1.165, 1.54) is 6.92 Å². The molecule has 0 amide bonds. The second-order valence-corrected chi connectivity index (χ2v) is 5.37. The molecule has 0 aromatic heterocycles. The van der Waals surface area contributed by atoms with Crippen molar-refractivity contribution in [3.05, 3.63) is 0 Å². The summed E-state index contributed by atoms with van der Waals surface area (Å²) in [6.07, 6.45) is 3.36. The number of carbonyl (C=O) groups is 1. The predicted octanol–water partition coefficient (Wildman–Crippen LogP) is 3.27. The van der Waals surface area contributed by atoms with Crippen molar-refractivity contribution in [1.82, 2.24) is 0 Å². The first-order valence-corrected chi connectivity index (χ1v) is 7.67. The topological polar surface area (TPSA) is 71.1 Å². The molecule has 0 spiro atoms. The van der Waals surface area contributed by atoms with E-state index in [0.29, 0.717) is 13.2 Å². The van der Waals surface area contributed by atoms with E-state index in [9.17, 15) is 9.36 Å². The maximum absolute atomic E-state index is 12.1. The zero-order chi connectivity index (χ0) is 13.9. The van der Waals surface area contributed by atoms with E-state index in [1.54, 1.807) is 0 Å². The van der Waals surface area contributed by atoms with Crippen LogP contribution in [0, 0.1) is 0 Å². The molecule has 0 aromatic rings. The lowest BCUT2D eigenvalue weighted by Crippen LogP contribution is -2.07. The Balaban J connectivity index is 4.11. The number of phosphoric ester groups is 1. The number of carbonyl (C=O) groups excluding carboxylic acids is 1. The van der Waals surface area contributed by atoms with Crippen LogP contribution in [-0.4, -0.2) is 26.0 Å². The molecule has 7 heteroatoms. The summed E-state index contributed by atoms with van der Waals surface area (Å²) in [5, 5.41) is 0. The molecule has 18 heavy (non-hydrogen) atoms. The summed E-state index contributed by atoms with van der Waals surface area (Å²) in [6, 6.07) is 0. The molecule has 0 aliphatic rings. The lowest BCUT2D eigenvalue weighted by Gasteiger charge is -2.17. The van der Waals surface area contributed by atoms with Gasteiger partial charge in [-0.1, -0.05) is 26.7 Å². The van der Waals surface area contributed by atoms with Gasteiger partial charge in [0, 0.05) is 6.92 Å². The first kappa shape index (κ1) is 17.6. The highest BCUT2D eigenvalue weighted by molar-refractivity contribution is 7.48. The molecular formula is C11H23O6P. The Morgan fingerprint density at radius 1 is 1.00 bits per heavy atom. The maximum Gasteiger partial charge on any atom is 0.477 e. The van der Waals surface area contributed by atoms with Gasteiger partial charge < -0.3 is 4.74 Å². The van der Waals surface area contributed by atoms with Gasteiger partial charge >= 0.3 is 13.8 Å². The van der Waals surface area contributed by atoms with Crippen molar-refractivity contribution >= 4 is 13.8 Å². The molecule has 0 aliphatic carbocycles. The summed E-state index contributed by atoms with van der Waals surface area (Å²) in [6.45, 7) is 5.38. The van der Waals surface area contributed by atoms with Gasteiger partial charge in [0.2, 0.25) is 6.79 Å². The number of ether oxygens (including phenoxy) is 1. The Labute approximate surface area is 109 Å². The first-order valence-electron chi connectivity index (χ1n) is 6.21. The molecule has 0 fully saturated rings. The van der Waals surface area contributed by atoms with Gasteiger partial charge in [0.25, 0.3) is 0 Å². The minimum absolute atomic E-state index is 0.292. The highest BCUT2D eigenvalue weighted by Crippen LogP contribution is 2.49. The van der Waals surface area contributed by atoms with Gasteiger partial charge in [-0.3, -0.25) is 13.8 Å². The van der Waals surface area contributed by atoms with Crippen molar-refractivity contribution in [2.45, 2.75) is 46.5 Å². The molecule has 0 rings (SSSR count). The molecule has 0 saturated carbocycles. The van der Waals surface area contributed by atoms with E-state index in [0.717, 1.165) is 25.7 Å². The Bertz CT molecular complexity index is 254. The maximum atomic E-state index is 12.1. The van der Waals surface area contributed by atoms with Crippen molar-refractivity contribution in [3.8, 4) is 0 Å². The Hall–Kier alpha value is -0.420. The van der Waals surface area contributed by atoms with Gasteiger partial charge in [-0.2, -0.15) is 0 Å². The van der Waals surface area contributed by atoms with Crippen LogP contribution in [-0.2, 0) is 27.7 Å². The Kier molecular flexibility index (Phi) is 10.3. The molecule has 0 radical (unpaired) electrons. The van der Waals surface area contributed by atoms with Crippen LogP contribution in [0.4, 0.5) is 0 Å². The van der Waals surface area contributed by atoms with Crippen LogP contribution in [0.3, 0.4) is 0 Å². The molecule has 0 saturated heterocycles. The lowest BCUT2D eigenvalue weighted by molar-refractivity contribution is -0.148. The summed E-state index contributed by atoms with van der Waals surface area (Å²) in [4.78, 5) is 10.6. The smallest absolute Gasteiger partial charge is 0.438 e. The van der Waals surface area contributed by atoms with E-state index in [2.05, 4.69) is 4.74 Å². The largest absolute Gasteiger partial charge is 0.477 e. The first-order chi connectivity index (χ1) is 8.54. The van der Waals surface area contributed by atoms with E-state index < -0.39 is 20.6 Å². The van der Waals surface area contributed by atoms with Crippen LogP contribution in [0.15, 0.2) is 0 Å². The molecule has 0 N–H and O–H groups in total. The molecule has 0 heterocycles. The molecule has 0 bridgehead atoms. The molecule has 0 atom stereocenters. The summed E-state index contributed by atoms with van der Waals surface area (Å²) < 4.78 is 31.8. The zero-order valence-electron chi connectivity index (χ0n) is 11.3. The highest BCUT2D eigenvalue weighted by atomic mass is 31.2. The SMILES string of the molecule is CCCCOP(=O)(OCCCC)OCOC(C)=O. The number of hydrogen-bond acceptors (Lipinski definition) is 6. The Morgan fingerprint density at radius 3 is 1.89 bits per heavy atom. The fourth-order valence-corrected chi connectivity index (χ4v) is 2.04. The third kappa shape index (κ3) is 9.59. The number of rotatable bonds is 11. The number of unbranched alkanes of at least 4 members (excludes halogenated alkanes) is 2. The van der Waals surface area contributed by atoms with Gasteiger partial charge in [-0.05, 0) is 12.8 Å². The number of hydrogen-bond donors (Lipinski definition) is 0. The van der Waals surface area contributed by atoms with Gasteiger partial charge in [-0.25, -0.2) is 9.09 Å². The second kappa shape index (κ2) is 10.5. The van der Waals surface area contributed by atoms with E-state index >= 15 is 0 Å². The standard InChI is InChI=1S/C11H23O6P/c1-4-6-8-15-18(13,16-9-7-5-2)17-10-14-11(3)12/h4-10H2,1-3H3. The summed E-state index contributed by atoms with van der Waals surface area (Å²) in [5.41, 5.74) is 0. The number of esters is 1. The molecular weight excluding hydrogens is 259 g/mol. The fourth-order valence-electron chi connectivity index (χ4n) is 0.927. The van der Waals surface area contributed by atoms with Gasteiger partial charge in [-0.15, -0.1) is 0 Å². The average Bonchev–Trinajstić information content (AvgIpc) is 2.29. The van der Waals surface area contributed by atoms with Gasteiger partial charge in [0.15, 0.2) is 0 Å². The van der Waals surface area contributed by atoms with Gasteiger partial charge in [0.1, 0.15) is 0 Å². The molecule has 6 nitrogen and oxygen atoms in total.